The van der Waals surface area contributed by atoms with E-state index in [1.807, 2.05) is 19.9 Å². The first-order valence-electron chi connectivity index (χ1n) is 6.80. The van der Waals surface area contributed by atoms with Crippen LogP contribution in [0.5, 0.6) is 5.75 Å². The minimum Gasteiger partial charge on any atom is -0.491 e. The lowest BCUT2D eigenvalue weighted by molar-refractivity contribution is 0.102. The molecular weight excluding hydrogens is 269 g/mol. The predicted octanol–water partition coefficient (Wildman–Crippen LogP) is 4.17. The number of hydrogen-bond acceptors (Lipinski definition) is 2. The summed E-state index contributed by atoms with van der Waals surface area (Å²) in [5.74, 6) is -0.0491. The second-order valence-corrected chi connectivity index (χ2v) is 5.06. The van der Waals surface area contributed by atoms with Crippen molar-refractivity contribution in [1.29, 1.82) is 0 Å². The molecule has 0 aliphatic carbocycles. The Morgan fingerprint density at radius 1 is 1.19 bits per heavy atom. The molecular formula is C17H18FNO2. The van der Waals surface area contributed by atoms with E-state index in [-0.39, 0.29) is 17.8 Å². The van der Waals surface area contributed by atoms with Gasteiger partial charge in [-0.3, -0.25) is 4.79 Å². The molecule has 3 nitrogen and oxygen atoms in total. The summed E-state index contributed by atoms with van der Waals surface area (Å²) in [5.41, 5.74) is 1.27. The maximum absolute atomic E-state index is 13.5. The Morgan fingerprint density at radius 3 is 2.62 bits per heavy atom. The number of nitrogens with one attached hydrogen (secondary N) is 1. The van der Waals surface area contributed by atoms with Gasteiger partial charge in [-0.15, -0.1) is 0 Å². The van der Waals surface area contributed by atoms with Crippen LogP contribution in [0.25, 0.3) is 0 Å². The van der Waals surface area contributed by atoms with Crippen molar-refractivity contribution in [2.45, 2.75) is 26.9 Å². The SMILES string of the molecule is Cc1c(F)cccc1C(=O)Nc1cccc(OC(C)C)c1. The van der Waals surface area contributed by atoms with Crippen LogP contribution in [0.3, 0.4) is 0 Å². The number of anilines is 1. The highest BCUT2D eigenvalue weighted by Gasteiger charge is 2.12. The molecule has 2 aromatic rings. The summed E-state index contributed by atoms with van der Waals surface area (Å²) in [7, 11) is 0. The molecule has 0 aliphatic heterocycles. The van der Waals surface area contributed by atoms with E-state index in [2.05, 4.69) is 5.32 Å². The molecule has 1 amide bonds. The number of benzene rings is 2. The van der Waals surface area contributed by atoms with Crippen molar-refractivity contribution in [3.8, 4) is 5.75 Å². The highest BCUT2D eigenvalue weighted by molar-refractivity contribution is 6.05. The molecule has 0 heterocycles. The molecule has 0 atom stereocenters. The number of hydrogen-bond donors (Lipinski definition) is 1. The van der Waals surface area contributed by atoms with Gasteiger partial charge in [-0.25, -0.2) is 4.39 Å². The van der Waals surface area contributed by atoms with Gasteiger partial charge in [-0.2, -0.15) is 0 Å². The third-order valence-electron chi connectivity index (χ3n) is 2.98. The summed E-state index contributed by atoms with van der Waals surface area (Å²) < 4.78 is 19.1. The number of amides is 1. The van der Waals surface area contributed by atoms with Crippen LogP contribution in [-0.2, 0) is 0 Å². The molecule has 0 bridgehead atoms. The Bertz CT molecular complexity index is 653. The Morgan fingerprint density at radius 2 is 1.90 bits per heavy atom. The van der Waals surface area contributed by atoms with E-state index in [1.165, 1.54) is 12.1 Å². The molecule has 0 unspecified atom stereocenters. The molecule has 2 aromatic carbocycles. The zero-order chi connectivity index (χ0) is 15.4. The van der Waals surface area contributed by atoms with Gasteiger partial charge in [-0.1, -0.05) is 12.1 Å². The van der Waals surface area contributed by atoms with Gasteiger partial charge < -0.3 is 10.1 Å². The van der Waals surface area contributed by atoms with Gasteiger partial charge in [-0.05, 0) is 50.6 Å². The Hall–Kier alpha value is -2.36. The Labute approximate surface area is 123 Å². The van der Waals surface area contributed by atoms with E-state index in [1.54, 1.807) is 31.2 Å². The minimum atomic E-state index is -0.389. The largest absolute Gasteiger partial charge is 0.491 e. The third kappa shape index (κ3) is 3.81. The highest BCUT2D eigenvalue weighted by Crippen LogP contribution is 2.20. The number of ether oxygens (including phenoxy) is 1. The van der Waals surface area contributed by atoms with Crippen LogP contribution < -0.4 is 10.1 Å². The van der Waals surface area contributed by atoms with Crippen LogP contribution >= 0.6 is 0 Å². The molecule has 0 saturated heterocycles. The summed E-state index contributed by atoms with van der Waals surface area (Å²) in [6.07, 6.45) is 0.0569. The molecule has 110 valence electrons. The van der Waals surface area contributed by atoms with E-state index < -0.39 is 0 Å². The van der Waals surface area contributed by atoms with Crippen LogP contribution in [0.15, 0.2) is 42.5 Å². The zero-order valence-electron chi connectivity index (χ0n) is 12.3. The molecule has 2 rings (SSSR count). The van der Waals surface area contributed by atoms with Crippen molar-refractivity contribution in [2.24, 2.45) is 0 Å². The van der Waals surface area contributed by atoms with Crippen molar-refractivity contribution in [3.05, 3.63) is 59.4 Å². The van der Waals surface area contributed by atoms with E-state index in [4.69, 9.17) is 4.74 Å². The van der Waals surface area contributed by atoms with Gasteiger partial charge >= 0.3 is 0 Å². The van der Waals surface area contributed by atoms with E-state index >= 15 is 0 Å². The average molecular weight is 287 g/mol. The van der Waals surface area contributed by atoms with E-state index in [0.717, 1.165) is 0 Å². The zero-order valence-corrected chi connectivity index (χ0v) is 12.3. The monoisotopic (exact) mass is 287 g/mol. The molecule has 21 heavy (non-hydrogen) atoms. The number of carbonyl (C=O) groups excluding carboxylic acids is 1. The lowest BCUT2D eigenvalue weighted by Gasteiger charge is -2.12. The van der Waals surface area contributed by atoms with Crippen LogP contribution in [0.2, 0.25) is 0 Å². The Kier molecular flexibility index (Phi) is 4.58. The number of rotatable bonds is 4. The predicted molar refractivity (Wildman–Crippen MR) is 81.3 cm³/mol. The maximum atomic E-state index is 13.5. The normalized spacial score (nSPS) is 10.5. The second kappa shape index (κ2) is 6.39. The minimum absolute atomic E-state index is 0.0569. The summed E-state index contributed by atoms with van der Waals surface area (Å²) in [6, 6.07) is 11.6. The fraction of sp³-hybridized carbons (Fsp3) is 0.235. The smallest absolute Gasteiger partial charge is 0.256 e. The van der Waals surface area contributed by atoms with Crippen LogP contribution in [0.4, 0.5) is 10.1 Å². The average Bonchev–Trinajstić information content (AvgIpc) is 2.41. The number of halogens is 1. The number of carbonyl (C=O) groups is 1. The maximum Gasteiger partial charge on any atom is 0.256 e. The summed E-state index contributed by atoms with van der Waals surface area (Å²) in [5, 5.41) is 2.75. The van der Waals surface area contributed by atoms with Crippen molar-refractivity contribution in [1.82, 2.24) is 0 Å². The van der Waals surface area contributed by atoms with Gasteiger partial charge in [0, 0.05) is 17.3 Å². The molecule has 0 aromatic heterocycles. The van der Waals surface area contributed by atoms with Crippen molar-refractivity contribution < 1.29 is 13.9 Å². The van der Waals surface area contributed by atoms with Gasteiger partial charge in [0.2, 0.25) is 0 Å². The summed E-state index contributed by atoms with van der Waals surface area (Å²) in [4.78, 5) is 12.2. The van der Waals surface area contributed by atoms with Crippen LogP contribution in [0, 0.1) is 12.7 Å². The molecule has 0 fully saturated rings. The lowest BCUT2D eigenvalue weighted by atomic mass is 10.1. The highest BCUT2D eigenvalue weighted by atomic mass is 19.1. The molecule has 0 radical (unpaired) electrons. The van der Waals surface area contributed by atoms with Crippen LogP contribution in [0.1, 0.15) is 29.8 Å². The van der Waals surface area contributed by atoms with Gasteiger partial charge in [0.05, 0.1) is 6.10 Å². The molecule has 1 N–H and O–H groups in total. The fourth-order valence-electron chi connectivity index (χ4n) is 1.97. The van der Waals surface area contributed by atoms with E-state index in [0.29, 0.717) is 22.6 Å². The van der Waals surface area contributed by atoms with Gasteiger partial charge in [0.1, 0.15) is 11.6 Å². The second-order valence-electron chi connectivity index (χ2n) is 5.06. The molecule has 0 spiro atoms. The molecule has 0 saturated carbocycles. The lowest BCUT2D eigenvalue weighted by Crippen LogP contribution is -2.14. The van der Waals surface area contributed by atoms with Gasteiger partial charge in [0.25, 0.3) is 5.91 Å². The molecule has 0 aliphatic rings. The van der Waals surface area contributed by atoms with Gasteiger partial charge in [0.15, 0.2) is 0 Å². The first kappa shape index (κ1) is 15.0. The first-order chi connectivity index (χ1) is 9.97. The van der Waals surface area contributed by atoms with Crippen molar-refractivity contribution >= 4 is 11.6 Å². The topological polar surface area (TPSA) is 38.3 Å². The molecule has 4 heteroatoms. The van der Waals surface area contributed by atoms with Crippen LogP contribution in [-0.4, -0.2) is 12.0 Å². The Balaban J connectivity index is 2.18. The summed E-state index contributed by atoms with van der Waals surface area (Å²) >= 11 is 0. The van der Waals surface area contributed by atoms with Crippen molar-refractivity contribution in [2.75, 3.05) is 5.32 Å². The standard InChI is InChI=1S/C17H18FNO2/c1-11(2)21-14-7-4-6-13(10-14)19-17(20)15-8-5-9-16(18)12(15)3/h4-11H,1-3H3,(H,19,20). The van der Waals surface area contributed by atoms with E-state index in [9.17, 15) is 9.18 Å². The third-order valence-corrected chi connectivity index (χ3v) is 2.98. The first-order valence-corrected chi connectivity index (χ1v) is 6.80. The van der Waals surface area contributed by atoms with Crippen molar-refractivity contribution in [3.63, 3.8) is 0 Å². The summed E-state index contributed by atoms with van der Waals surface area (Å²) in [6.45, 7) is 5.45. The fourth-order valence-corrected chi connectivity index (χ4v) is 1.97. The quantitative estimate of drug-likeness (QED) is 0.916.